The molecule has 0 N–H and O–H groups in total. The van der Waals surface area contributed by atoms with Crippen LogP contribution in [0, 0.1) is 0 Å². The van der Waals surface area contributed by atoms with Crippen LogP contribution in [-0.2, 0) is 14.6 Å². The zero-order valence-corrected chi connectivity index (χ0v) is 13.6. The number of benzene rings is 1. The fourth-order valence-electron chi connectivity index (χ4n) is 2.56. The van der Waals surface area contributed by atoms with Crippen molar-refractivity contribution in [3.8, 4) is 0 Å². The molecule has 0 saturated carbocycles. The van der Waals surface area contributed by atoms with Crippen molar-refractivity contribution in [3.63, 3.8) is 0 Å². The fourth-order valence-corrected chi connectivity index (χ4v) is 4.71. The van der Waals surface area contributed by atoms with Crippen LogP contribution < -0.4 is 0 Å². The van der Waals surface area contributed by atoms with Crippen molar-refractivity contribution >= 4 is 27.3 Å². The van der Waals surface area contributed by atoms with Crippen LogP contribution in [0.5, 0.6) is 0 Å². The van der Waals surface area contributed by atoms with Gasteiger partial charge in [-0.2, -0.15) is 13.2 Å². The van der Waals surface area contributed by atoms with Gasteiger partial charge < -0.3 is 4.90 Å². The minimum absolute atomic E-state index is 0.0235. The Labute approximate surface area is 137 Å². The van der Waals surface area contributed by atoms with Crippen LogP contribution in [0.2, 0.25) is 5.02 Å². The van der Waals surface area contributed by atoms with E-state index >= 15 is 0 Å². The Morgan fingerprint density at radius 1 is 1.26 bits per heavy atom. The number of rotatable bonds is 2. The van der Waals surface area contributed by atoms with Gasteiger partial charge in [0, 0.05) is 18.1 Å². The molecule has 128 valence electrons. The summed E-state index contributed by atoms with van der Waals surface area (Å²) in [5, 5.41) is -0.629. The molecule has 9 heteroatoms. The fraction of sp³-hybridized carbons (Fsp3) is 0.500. The normalized spacial score (nSPS) is 21.7. The van der Waals surface area contributed by atoms with Gasteiger partial charge >= 0.3 is 6.18 Å². The van der Waals surface area contributed by atoms with E-state index in [1.165, 1.54) is 0 Å². The Morgan fingerprint density at radius 2 is 1.91 bits per heavy atom. The molecule has 1 heterocycles. The van der Waals surface area contributed by atoms with Crippen LogP contribution >= 0.6 is 11.6 Å². The van der Waals surface area contributed by atoms with Crippen molar-refractivity contribution in [3.05, 3.63) is 34.9 Å². The monoisotopic (exact) mass is 369 g/mol. The summed E-state index contributed by atoms with van der Waals surface area (Å²) in [6.45, 7) is -0.289. The largest absolute Gasteiger partial charge is 0.397 e. The quantitative estimate of drug-likeness (QED) is 0.805. The molecule has 1 fully saturated rings. The van der Waals surface area contributed by atoms with Gasteiger partial charge in [0.05, 0.1) is 11.0 Å². The van der Waals surface area contributed by atoms with Crippen molar-refractivity contribution in [2.24, 2.45) is 0 Å². The highest BCUT2D eigenvalue weighted by Gasteiger charge is 2.37. The summed E-state index contributed by atoms with van der Waals surface area (Å²) in [6, 6.07) is 6.45. The smallest absolute Gasteiger partial charge is 0.341 e. The molecule has 0 aliphatic carbocycles. The van der Waals surface area contributed by atoms with Crippen LogP contribution in [0.25, 0.3) is 0 Å². The van der Waals surface area contributed by atoms with Crippen molar-refractivity contribution in [2.75, 3.05) is 18.8 Å². The second kappa shape index (κ2) is 6.68. The van der Waals surface area contributed by atoms with Crippen molar-refractivity contribution < 1.29 is 26.4 Å². The molecular weight excluding hydrogens is 355 g/mol. The summed E-state index contributed by atoms with van der Waals surface area (Å²) < 4.78 is 61.8. The van der Waals surface area contributed by atoms with Gasteiger partial charge in [-0.3, -0.25) is 4.79 Å². The van der Waals surface area contributed by atoms with E-state index in [0.717, 1.165) is 4.90 Å². The lowest BCUT2D eigenvalue weighted by atomic mass is 10.1. The Morgan fingerprint density at radius 3 is 2.52 bits per heavy atom. The Balaban J connectivity index is 2.20. The molecule has 1 aliphatic rings. The number of sulfone groups is 1. The predicted octanol–water partition coefficient (Wildman–Crippen LogP) is 2.98. The number of amides is 1. The summed E-state index contributed by atoms with van der Waals surface area (Å²) >= 11 is 6.03. The molecule has 1 unspecified atom stereocenters. The maximum atomic E-state index is 12.4. The number of carbonyl (C=O) groups excluding carboxylic acids is 1. The van der Waals surface area contributed by atoms with Gasteiger partial charge in [-0.1, -0.05) is 29.8 Å². The van der Waals surface area contributed by atoms with E-state index in [1.54, 1.807) is 24.3 Å². The first-order valence-corrected chi connectivity index (χ1v) is 9.00. The first-order valence-electron chi connectivity index (χ1n) is 6.91. The molecule has 1 amide bonds. The van der Waals surface area contributed by atoms with Gasteiger partial charge in [-0.05, 0) is 18.1 Å². The van der Waals surface area contributed by atoms with E-state index < -0.39 is 33.6 Å². The molecule has 4 nitrogen and oxygen atoms in total. The maximum Gasteiger partial charge on any atom is 0.397 e. The lowest BCUT2D eigenvalue weighted by Gasteiger charge is -2.20. The van der Waals surface area contributed by atoms with Crippen LogP contribution in [0.15, 0.2) is 24.3 Å². The summed E-state index contributed by atoms with van der Waals surface area (Å²) in [5.41, 5.74) is 0.416. The second-order valence-corrected chi connectivity index (χ2v) is 8.05. The third-order valence-corrected chi connectivity index (χ3v) is 6.15. The number of hydrogen-bond acceptors (Lipinski definition) is 3. The molecule has 1 aliphatic heterocycles. The topological polar surface area (TPSA) is 54.5 Å². The summed E-state index contributed by atoms with van der Waals surface area (Å²) in [6.07, 6.45) is -6.16. The van der Waals surface area contributed by atoms with Crippen LogP contribution in [0.1, 0.15) is 23.7 Å². The Hall–Kier alpha value is -1.28. The minimum atomic E-state index is -4.61. The first-order chi connectivity index (χ1) is 10.6. The molecule has 0 bridgehead atoms. The first kappa shape index (κ1) is 18.1. The van der Waals surface area contributed by atoms with E-state index in [2.05, 4.69) is 0 Å². The zero-order chi connectivity index (χ0) is 17.3. The molecular formula is C14H15ClF3NO3S. The lowest BCUT2D eigenvalue weighted by Crippen LogP contribution is -2.36. The Bertz CT molecular complexity index is 691. The van der Waals surface area contributed by atoms with Gasteiger partial charge in [0.15, 0.2) is 9.84 Å². The summed E-state index contributed by atoms with van der Waals surface area (Å²) in [5.74, 6) is -1.49. The SMILES string of the molecule is O=C(CC(F)(F)F)N1CCC(c2ccccc2Cl)S(=O)(=O)CC1. The predicted molar refractivity (Wildman–Crippen MR) is 79.8 cm³/mol. The average Bonchev–Trinajstić information content (AvgIpc) is 2.56. The van der Waals surface area contributed by atoms with Crippen LogP contribution in [0.4, 0.5) is 13.2 Å². The number of halogens is 4. The van der Waals surface area contributed by atoms with E-state index in [0.29, 0.717) is 5.56 Å². The van der Waals surface area contributed by atoms with Crippen molar-refractivity contribution in [1.82, 2.24) is 4.90 Å². The molecule has 23 heavy (non-hydrogen) atoms. The zero-order valence-electron chi connectivity index (χ0n) is 12.0. The van der Waals surface area contributed by atoms with Crippen LogP contribution in [-0.4, -0.2) is 44.2 Å². The van der Waals surface area contributed by atoms with Crippen molar-refractivity contribution in [2.45, 2.75) is 24.3 Å². The van der Waals surface area contributed by atoms with Gasteiger partial charge in [0.1, 0.15) is 6.42 Å². The molecule has 0 spiro atoms. The van der Waals surface area contributed by atoms with E-state index in [9.17, 15) is 26.4 Å². The number of nitrogens with zero attached hydrogens (tertiary/aromatic N) is 1. The van der Waals surface area contributed by atoms with Crippen molar-refractivity contribution in [1.29, 1.82) is 0 Å². The highest BCUT2D eigenvalue weighted by Crippen LogP contribution is 2.34. The molecule has 1 atom stereocenters. The number of alkyl halides is 3. The molecule has 0 aromatic heterocycles. The van der Waals surface area contributed by atoms with Gasteiger partial charge in [0.2, 0.25) is 5.91 Å². The number of hydrogen-bond donors (Lipinski definition) is 0. The van der Waals surface area contributed by atoms with E-state index in [4.69, 9.17) is 11.6 Å². The highest BCUT2D eigenvalue weighted by molar-refractivity contribution is 7.91. The summed E-state index contributed by atoms with van der Waals surface area (Å²) in [7, 11) is -3.61. The maximum absolute atomic E-state index is 12.4. The average molecular weight is 370 g/mol. The van der Waals surface area contributed by atoms with E-state index in [1.807, 2.05) is 0 Å². The highest BCUT2D eigenvalue weighted by atomic mass is 35.5. The van der Waals surface area contributed by atoms with E-state index in [-0.39, 0.29) is 30.3 Å². The minimum Gasteiger partial charge on any atom is -0.341 e. The Kier molecular flexibility index (Phi) is 5.25. The molecule has 1 saturated heterocycles. The summed E-state index contributed by atoms with van der Waals surface area (Å²) in [4.78, 5) is 12.6. The third-order valence-electron chi connectivity index (χ3n) is 3.70. The standard InChI is InChI=1S/C14H15ClF3NO3S/c15-11-4-2-1-3-10(11)12-5-6-19(7-8-23(12,21)22)13(20)9-14(16,17)18/h1-4,12H,5-9H2. The van der Waals surface area contributed by atoms with Crippen LogP contribution in [0.3, 0.4) is 0 Å². The third kappa shape index (κ3) is 4.60. The van der Waals surface area contributed by atoms with Gasteiger partial charge in [0.25, 0.3) is 0 Å². The lowest BCUT2D eigenvalue weighted by molar-refractivity contribution is -0.161. The molecule has 2 rings (SSSR count). The van der Waals surface area contributed by atoms with Gasteiger partial charge in [-0.25, -0.2) is 8.42 Å². The second-order valence-electron chi connectivity index (χ2n) is 5.34. The molecule has 0 radical (unpaired) electrons. The van der Waals surface area contributed by atoms with Gasteiger partial charge in [-0.15, -0.1) is 0 Å². The molecule has 1 aromatic rings. The molecule has 1 aromatic carbocycles. The number of carbonyl (C=O) groups is 1.